The monoisotopic (exact) mass is 446 g/mol. The van der Waals surface area contributed by atoms with Crippen LogP contribution in [0.4, 0.5) is 13.2 Å². The lowest BCUT2D eigenvalue weighted by Gasteiger charge is -2.38. The van der Waals surface area contributed by atoms with Crippen LogP contribution in [0.3, 0.4) is 0 Å². The van der Waals surface area contributed by atoms with E-state index in [9.17, 15) is 18.0 Å². The molecule has 1 N–H and O–H groups in total. The fourth-order valence-corrected chi connectivity index (χ4v) is 4.53. The van der Waals surface area contributed by atoms with E-state index < -0.39 is 11.7 Å². The Morgan fingerprint density at radius 2 is 1.75 bits per heavy atom. The molecule has 0 radical (unpaired) electrons. The summed E-state index contributed by atoms with van der Waals surface area (Å²) in [5.41, 5.74) is 3.43. The van der Waals surface area contributed by atoms with Gasteiger partial charge < -0.3 is 10.1 Å². The molecule has 0 atom stereocenters. The van der Waals surface area contributed by atoms with Crippen molar-refractivity contribution in [2.45, 2.75) is 51.9 Å². The van der Waals surface area contributed by atoms with Gasteiger partial charge in [0.25, 0.3) is 0 Å². The molecule has 172 valence electrons. The molecule has 2 aromatic carbocycles. The van der Waals surface area contributed by atoms with Crippen LogP contribution in [0.25, 0.3) is 0 Å². The van der Waals surface area contributed by atoms with E-state index in [0.717, 1.165) is 49.2 Å². The van der Waals surface area contributed by atoms with Gasteiger partial charge in [0.05, 0.1) is 11.5 Å². The van der Waals surface area contributed by atoms with Gasteiger partial charge in [-0.1, -0.05) is 24.3 Å². The van der Waals surface area contributed by atoms with Crippen LogP contribution in [0.2, 0.25) is 0 Å². The predicted molar refractivity (Wildman–Crippen MR) is 117 cm³/mol. The predicted octanol–water partition coefficient (Wildman–Crippen LogP) is 4.96. The number of ether oxygens (including phenoxy) is 1. The number of likely N-dealkylation sites (tertiary alicyclic amines) is 1. The Labute approximate surface area is 186 Å². The van der Waals surface area contributed by atoms with Gasteiger partial charge in [0.2, 0.25) is 5.91 Å². The molecule has 1 heterocycles. The van der Waals surface area contributed by atoms with Crippen molar-refractivity contribution in [3.8, 4) is 5.75 Å². The summed E-state index contributed by atoms with van der Waals surface area (Å²) < 4.78 is 46.5. The van der Waals surface area contributed by atoms with Crippen molar-refractivity contribution in [1.82, 2.24) is 10.2 Å². The fourth-order valence-electron chi connectivity index (χ4n) is 4.53. The van der Waals surface area contributed by atoms with E-state index in [1.807, 2.05) is 26.0 Å². The van der Waals surface area contributed by atoms with Gasteiger partial charge in [-0.25, -0.2) is 0 Å². The normalized spacial score (nSPS) is 17.2. The van der Waals surface area contributed by atoms with E-state index in [0.29, 0.717) is 16.9 Å². The van der Waals surface area contributed by atoms with Crippen molar-refractivity contribution in [2.75, 3.05) is 20.1 Å². The molecule has 2 aliphatic rings. The lowest BCUT2D eigenvalue weighted by atomic mass is 9.97. The summed E-state index contributed by atoms with van der Waals surface area (Å²) in [6, 6.07) is 8.69. The molecule has 2 fully saturated rings. The van der Waals surface area contributed by atoms with Gasteiger partial charge in [-0.15, -0.1) is 0 Å². The van der Waals surface area contributed by atoms with Crippen molar-refractivity contribution in [2.24, 2.45) is 5.92 Å². The summed E-state index contributed by atoms with van der Waals surface area (Å²) in [5, 5.41) is 2.68. The number of alkyl halides is 3. The summed E-state index contributed by atoms with van der Waals surface area (Å²) in [5.74, 6) is 0.881. The standard InChI is InChI=1S/C25H29F3N2O2/c1-15-8-18(11-30-12-20(13-30)24(31)29-3)9-16(2)23(15)32-14-17-4-7-21(19-5-6-19)22(10-17)25(26,27)28/h4,7-10,19-20H,5-6,11-14H2,1-3H3,(H,29,31). The van der Waals surface area contributed by atoms with E-state index in [-0.39, 0.29) is 24.3 Å². The van der Waals surface area contributed by atoms with E-state index in [1.54, 1.807) is 19.2 Å². The molecule has 7 heteroatoms. The first kappa shape index (κ1) is 22.6. The Kier molecular flexibility index (Phi) is 6.21. The summed E-state index contributed by atoms with van der Waals surface area (Å²) in [7, 11) is 1.65. The molecule has 1 amide bonds. The van der Waals surface area contributed by atoms with E-state index in [4.69, 9.17) is 4.74 Å². The SMILES string of the molecule is CNC(=O)C1CN(Cc2cc(C)c(OCc3ccc(C4CC4)c(C(F)(F)F)c3)c(C)c2)C1. The van der Waals surface area contributed by atoms with Crippen LogP contribution in [0.1, 0.15) is 52.1 Å². The minimum Gasteiger partial charge on any atom is -0.488 e. The largest absolute Gasteiger partial charge is 0.488 e. The Bertz CT molecular complexity index is 986. The molecule has 4 rings (SSSR count). The molecule has 1 aliphatic heterocycles. The van der Waals surface area contributed by atoms with Gasteiger partial charge in [0, 0.05) is 26.7 Å². The van der Waals surface area contributed by atoms with Crippen molar-refractivity contribution >= 4 is 5.91 Å². The van der Waals surface area contributed by atoms with E-state index >= 15 is 0 Å². The third-order valence-electron chi connectivity index (χ3n) is 6.32. The first-order valence-corrected chi connectivity index (χ1v) is 11.0. The highest BCUT2D eigenvalue weighted by Gasteiger charge is 2.38. The molecule has 1 saturated carbocycles. The maximum Gasteiger partial charge on any atom is 0.416 e. The van der Waals surface area contributed by atoms with Gasteiger partial charge in [0.1, 0.15) is 12.4 Å². The number of nitrogens with one attached hydrogen (secondary N) is 1. The van der Waals surface area contributed by atoms with Crippen molar-refractivity contribution < 1.29 is 22.7 Å². The Morgan fingerprint density at radius 1 is 1.09 bits per heavy atom. The minimum atomic E-state index is -4.35. The number of nitrogens with zero attached hydrogens (tertiary/aromatic N) is 1. The van der Waals surface area contributed by atoms with Crippen LogP contribution in [0.5, 0.6) is 5.75 Å². The number of benzene rings is 2. The highest BCUT2D eigenvalue weighted by Crippen LogP contribution is 2.46. The molecule has 2 aromatic rings. The minimum absolute atomic E-state index is 0.0386. The Hall–Kier alpha value is -2.54. The zero-order valence-corrected chi connectivity index (χ0v) is 18.7. The molecule has 0 bridgehead atoms. The second-order valence-corrected chi connectivity index (χ2v) is 9.05. The summed E-state index contributed by atoms with van der Waals surface area (Å²) in [6.07, 6.45) is -2.70. The summed E-state index contributed by atoms with van der Waals surface area (Å²) in [6.45, 7) is 6.24. The van der Waals surface area contributed by atoms with Gasteiger partial charge in [0.15, 0.2) is 0 Å². The van der Waals surface area contributed by atoms with Gasteiger partial charge in [-0.3, -0.25) is 9.69 Å². The smallest absolute Gasteiger partial charge is 0.416 e. The lowest BCUT2D eigenvalue weighted by Crippen LogP contribution is -2.52. The number of aryl methyl sites for hydroxylation is 2. The lowest BCUT2D eigenvalue weighted by molar-refractivity contribution is -0.138. The molecule has 0 aromatic heterocycles. The average Bonchev–Trinajstić information content (AvgIpc) is 3.53. The van der Waals surface area contributed by atoms with Gasteiger partial charge >= 0.3 is 6.18 Å². The van der Waals surface area contributed by atoms with Gasteiger partial charge in [-0.05, 0) is 66.5 Å². The molecular weight excluding hydrogens is 417 g/mol. The first-order chi connectivity index (χ1) is 15.2. The maximum atomic E-state index is 13.5. The molecule has 4 nitrogen and oxygen atoms in total. The fraction of sp³-hybridized carbons (Fsp3) is 0.480. The number of hydrogen-bond acceptors (Lipinski definition) is 3. The molecule has 1 saturated heterocycles. The average molecular weight is 447 g/mol. The zero-order valence-electron chi connectivity index (χ0n) is 18.7. The molecule has 0 spiro atoms. The number of amides is 1. The number of carbonyl (C=O) groups is 1. The molecular formula is C25H29F3N2O2. The van der Waals surface area contributed by atoms with Crippen LogP contribution < -0.4 is 10.1 Å². The van der Waals surface area contributed by atoms with Gasteiger partial charge in [-0.2, -0.15) is 13.2 Å². The second-order valence-electron chi connectivity index (χ2n) is 9.05. The topological polar surface area (TPSA) is 41.6 Å². The van der Waals surface area contributed by atoms with Crippen molar-refractivity contribution in [3.05, 3.63) is 63.7 Å². The zero-order chi connectivity index (χ0) is 23.0. The maximum absolute atomic E-state index is 13.5. The molecule has 32 heavy (non-hydrogen) atoms. The van der Waals surface area contributed by atoms with Crippen LogP contribution in [-0.2, 0) is 24.1 Å². The highest BCUT2D eigenvalue weighted by molar-refractivity contribution is 5.79. The second kappa shape index (κ2) is 8.77. The van der Waals surface area contributed by atoms with Crippen molar-refractivity contribution in [3.63, 3.8) is 0 Å². The summed E-state index contributed by atoms with van der Waals surface area (Å²) >= 11 is 0. The van der Waals surface area contributed by atoms with Crippen LogP contribution >= 0.6 is 0 Å². The quantitative estimate of drug-likeness (QED) is 0.654. The van der Waals surface area contributed by atoms with Crippen LogP contribution in [0.15, 0.2) is 30.3 Å². The first-order valence-electron chi connectivity index (χ1n) is 11.0. The summed E-state index contributed by atoms with van der Waals surface area (Å²) in [4.78, 5) is 13.9. The molecule has 0 unspecified atom stereocenters. The number of carbonyl (C=O) groups excluding carboxylic acids is 1. The molecule has 1 aliphatic carbocycles. The van der Waals surface area contributed by atoms with Crippen LogP contribution in [-0.4, -0.2) is 30.9 Å². The van der Waals surface area contributed by atoms with Crippen molar-refractivity contribution in [1.29, 1.82) is 0 Å². The van der Waals surface area contributed by atoms with Crippen LogP contribution in [0, 0.1) is 19.8 Å². The Morgan fingerprint density at radius 3 is 2.31 bits per heavy atom. The Balaban J connectivity index is 1.41. The highest BCUT2D eigenvalue weighted by atomic mass is 19.4. The van der Waals surface area contributed by atoms with E-state index in [1.165, 1.54) is 6.07 Å². The third-order valence-corrected chi connectivity index (χ3v) is 6.32. The number of hydrogen-bond donors (Lipinski definition) is 1. The number of halogens is 3. The third kappa shape index (κ3) is 4.93. The number of rotatable bonds is 7. The van der Waals surface area contributed by atoms with E-state index in [2.05, 4.69) is 10.2 Å².